The Morgan fingerprint density at radius 2 is 1.82 bits per heavy atom. The highest BCUT2D eigenvalue weighted by Crippen LogP contribution is 2.37. The largest absolute Gasteiger partial charge is 0.489 e. The van der Waals surface area contributed by atoms with Crippen LogP contribution >= 0.6 is 0 Å². The number of hydrazine groups is 1. The van der Waals surface area contributed by atoms with Crippen LogP contribution < -0.4 is 20.7 Å². The minimum Gasteiger partial charge on any atom is -0.489 e. The van der Waals surface area contributed by atoms with Gasteiger partial charge in [0.15, 0.2) is 5.82 Å². The zero-order valence-corrected chi connectivity index (χ0v) is 10.1. The van der Waals surface area contributed by atoms with Crippen molar-refractivity contribution in [3.8, 4) is 11.5 Å². The number of methoxy groups -OCH3 is 1. The van der Waals surface area contributed by atoms with Crippen LogP contribution in [-0.2, 0) is 0 Å². The Morgan fingerprint density at radius 3 is 2.24 bits per heavy atom. The van der Waals surface area contributed by atoms with Gasteiger partial charge >= 0.3 is 0 Å². The highest BCUT2D eigenvalue weighted by atomic mass is 19.1. The highest BCUT2D eigenvalue weighted by molar-refractivity contribution is 5.50. The number of nitrogens with two attached hydrogens (primary N) is 1. The van der Waals surface area contributed by atoms with Crippen molar-refractivity contribution in [2.24, 2.45) is 5.84 Å². The van der Waals surface area contributed by atoms with Crippen LogP contribution in [0.2, 0.25) is 0 Å². The lowest BCUT2D eigenvalue weighted by Crippen LogP contribution is -2.25. The molecule has 0 fully saturated rings. The molecule has 0 aliphatic rings. The minimum absolute atomic E-state index is 0.361. The second-order valence-corrected chi connectivity index (χ2v) is 4.29. The third kappa shape index (κ3) is 2.94. The van der Waals surface area contributed by atoms with Gasteiger partial charge < -0.3 is 14.9 Å². The third-order valence-electron chi connectivity index (χ3n) is 1.76. The van der Waals surface area contributed by atoms with Crippen LogP contribution in [0.3, 0.4) is 0 Å². The second kappa shape index (κ2) is 4.70. The van der Waals surface area contributed by atoms with E-state index in [0.29, 0.717) is 0 Å². The van der Waals surface area contributed by atoms with E-state index in [9.17, 15) is 8.78 Å². The molecule has 0 amide bonds. The Labute approximate surface area is 97.9 Å². The van der Waals surface area contributed by atoms with E-state index in [2.05, 4.69) is 4.98 Å². The topological polar surface area (TPSA) is 69.4 Å². The summed E-state index contributed by atoms with van der Waals surface area (Å²) in [6.45, 7) is 5.08. The fourth-order valence-corrected chi connectivity index (χ4v) is 1.17. The van der Waals surface area contributed by atoms with Crippen molar-refractivity contribution in [1.82, 2.24) is 4.98 Å². The summed E-state index contributed by atoms with van der Waals surface area (Å²) in [5.41, 5.74) is 1.24. The number of aromatic nitrogens is 1. The summed E-state index contributed by atoms with van der Waals surface area (Å²) in [5.74, 6) is 1.93. The molecule has 1 aromatic heterocycles. The van der Waals surface area contributed by atoms with Gasteiger partial charge in [0.2, 0.25) is 17.3 Å². The summed E-state index contributed by atoms with van der Waals surface area (Å²) in [5, 5.41) is 0. The second-order valence-electron chi connectivity index (χ2n) is 4.29. The Morgan fingerprint density at radius 1 is 1.24 bits per heavy atom. The normalized spacial score (nSPS) is 11.2. The van der Waals surface area contributed by atoms with Gasteiger partial charge in [0.05, 0.1) is 7.11 Å². The number of anilines is 1. The number of rotatable bonds is 3. The van der Waals surface area contributed by atoms with E-state index in [1.54, 1.807) is 20.8 Å². The molecule has 0 aromatic carbocycles. The maximum Gasteiger partial charge on any atom is 0.261 e. The summed E-state index contributed by atoms with van der Waals surface area (Å²) in [7, 11) is 1.20. The first-order valence-corrected chi connectivity index (χ1v) is 4.88. The zero-order valence-electron chi connectivity index (χ0n) is 10.1. The number of hydrogen-bond acceptors (Lipinski definition) is 5. The van der Waals surface area contributed by atoms with Crippen molar-refractivity contribution in [2.75, 3.05) is 12.5 Å². The first-order chi connectivity index (χ1) is 7.80. The molecule has 0 bridgehead atoms. The van der Waals surface area contributed by atoms with E-state index in [4.69, 9.17) is 15.3 Å². The molecule has 0 atom stereocenters. The molecular formula is C10H15F2N3O2. The van der Waals surface area contributed by atoms with E-state index < -0.39 is 28.9 Å². The molecule has 0 saturated carbocycles. The smallest absolute Gasteiger partial charge is 0.261 e. The Hall–Kier alpha value is -1.63. The summed E-state index contributed by atoms with van der Waals surface area (Å²) >= 11 is 0. The molecule has 1 rings (SSSR count). The van der Waals surface area contributed by atoms with Gasteiger partial charge in [0, 0.05) is 0 Å². The molecule has 1 aromatic rings. The molecular weight excluding hydrogens is 232 g/mol. The Kier molecular flexibility index (Phi) is 3.72. The third-order valence-corrected chi connectivity index (χ3v) is 1.76. The molecule has 0 aliphatic heterocycles. The van der Waals surface area contributed by atoms with Crippen molar-refractivity contribution in [2.45, 2.75) is 26.4 Å². The number of pyridine rings is 1. The maximum atomic E-state index is 13.9. The lowest BCUT2D eigenvalue weighted by Gasteiger charge is -2.23. The van der Waals surface area contributed by atoms with Gasteiger partial charge in [0.1, 0.15) is 5.60 Å². The number of nitrogen functional groups attached to an aromatic ring is 1. The Bertz CT molecular complexity index is 419. The highest BCUT2D eigenvalue weighted by Gasteiger charge is 2.26. The van der Waals surface area contributed by atoms with Gasteiger partial charge in [-0.25, -0.2) is 5.84 Å². The molecule has 5 nitrogen and oxygen atoms in total. The lowest BCUT2D eigenvalue weighted by atomic mass is 10.2. The van der Waals surface area contributed by atoms with E-state index in [0.717, 1.165) is 0 Å². The van der Waals surface area contributed by atoms with E-state index in [1.807, 2.05) is 5.43 Å². The van der Waals surface area contributed by atoms with Gasteiger partial charge in [-0.3, -0.25) is 0 Å². The lowest BCUT2D eigenvalue weighted by molar-refractivity contribution is 0.117. The molecule has 0 radical (unpaired) electrons. The molecule has 0 saturated heterocycles. The number of hydrogen-bond donors (Lipinski definition) is 2. The van der Waals surface area contributed by atoms with Crippen molar-refractivity contribution in [1.29, 1.82) is 0 Å². The average Bonchev–Trinajstić information content (AvgIpc) is 2.21. The summed E-state index contributed by atoms with van der Waals surface area (Å²) in [6.07, 6.45) is 0. The maximum absolute atomic E-state index is 13.9. The van der Waals surface area contributed by atoms with Crippen LogP contribution in [0.4, 0.5) is 14.6 Å². The average molecular weight is 247 g/mol. The van der Waals surface area contributed by atoms with E-state index >= 15 is 0 Å². The van der Waals surface area contributed by atoms with Crippen molar-refractivity contribution >= 4 is 5.82 Å². The minimum atomic E-state index is -0.999. The van der Waals surface area contributed by atoms with Gasteiger partial charge in [-0.2, -0.15) is 13.8 Å². The summed E-state index contributed by atoms with van der Waals surface area (Å²) in [6, 6.07) is 0. The monoisotopic (exact) mass is 247 g/mol. The first kappa shape index (κ1) is 13.4. The number of ether oxygens (including phenoxy) is 2. The molecule has 96 valence electrons. The predicted molar refractivity (Wildman–Crippen MR) is 58.9 cm³/mol. The van der Waals surface area contributed by atoms with Crippen LogP contribution in [-0.4, -0.2) is 17.7 Å². The van der Waals surface area contributed by atoms with Crippen LogP contribution in [0, 0.1) is 11.8 Å². The van der Waals surface area contributed by atoms with E-state index in [1.165, 1.54) is 7.11 Å². The number of nitrogens with one attached hydrogen (secondary N) is 1. The number of halogens is 2. The van der Waals surface area contributed by atoms with Crippen LogP contribution in [0.1, 0.15) is 20.8 Å². The Balaban J connectivity index is 3.37. The molecule has 1 heterocycles. The van der Waals surface area contributed by atoms with Crippen LogP contribution in [0.15, 0.2) is 0 Å². The predicted octanol–water partition coefficient (Wildman–Crippen LogP) is 1.83. The molecule has 3 N–H and O–H groups in total. The van der Waals surface area contributed by atoms with Crippen molar-refractivity contribution in [3.05, 3.63) is 11.8 Å². The van der Waals surface area contributed by atoms with Crippen molar-refractivity contribution in [3.63, 3.8) is 0 Å². The van der Waals surface area contributed by atoms with Gasteiger partial charge in [0.25, 0.3) is 5.95 Å². The summed E-state index contributed by atoms with van der Waals surface area (Å²) < 4.78 is 37.4. The molecule has 7 heteroatoms. The molecule has 0 spiro atoms. The first-order valence-electron chi connectivity index (χ1n) is 4.88. The fraction of sp³-hybridized carbons (Fsp3) is 0.500. The van der Waals surface area contributed by atoms with Crippen molar-refractivity contribution < 1.29 is 18.3 Å². The van der Waals surface area contributed by atoms with Gasteiger partial charge in [-0.15, -0.1) is 0 Å². The zero-order chi connectivity index (χ0) is 13.2. The summed E-state index contributed by atoms with van der Waals surface area (Å²) in [4.78, 5) is 3.27. The van der Waals surface area contributed by atoms with E-state index in [-0.39, 0.29) is 5.75 Å². The van der Waals surface area contributed by atoms with Crippen LogP contribution in [0.5, 0.6) is 11.5 Å². The molecule has 0 aliphatic carbocycles. The van der Waals surface area contributed by atoms with Crippen LogP contribution in [0.25, 0.3) is 0 Å². The molecule has 0 unspecified atom stereocenters. The van der Waals surface area contributed by atoms with Gasteiger partial charge in [-0.05, 0) is 20.8 Å². The number of nitrogens with zero attached hydrogens (tertiary/aromatic N) is 1. The standard InChI is InChI=1S/C10H15F2N3O2/c1-10(2,3)17-6-5(11)9(15-13)14-8(12)7(6)16-4/h13H2,1-4H3,(H,14,15). The SMILES string of the molecule is COc1c(F)nc(NN)c(F)c1OC(C)(C)C. The fourth-order valence-electron chi connectivity index (χ4n) is 1.17. The molecule has 17 heavy (non-hydrogen) atoms. The quantitative estimate of drug-likeness (QED) is 0.484. The van der Waals surface area contributed by atoms with Gasteiger partial charge in [-0.1, -0.05) is 0 Å².